The van der Waals surface area contributed by atoms with Crippen LogP contribution in [0.3, 0.4) is 0 Å². The molecule has 7 nitrogen and oxygen atoms in total. The number of carboxylic acids is 1. The van der Waals surface area contributed by atoms with Gasteiger partial charge >= 0.3 is 5.97 Å². The molecule has 0 aliphatic carbocycles. The van der Waals surface area contributed by atoms with E-state index in [4.69, 9.17) is 10.2 Å². The van der Waals surface area contributed by atoms with Crippen molar-refractivity contribution in [2.75, 3.05) is 12.4 Å². The second kappa shape index (κ2) is 7.17. The highest BCUT2D eigenvalue weighted by atomic mass is 32.2. The smallest absolute Gasteiger partial charge is 0.321 e. The van der Waals surface area contributed by atoms with Crippen LogP contribution in [0.1, 0.15) is 12.0 Å². The van der Waals surface area contributed by atoms with Crippen molar-refractivity contribution in [3.8, 4) is 0 Å². The van der Waals surface area contributed by atoms with Crippen LogP contribution in [0.15, 0.2) is 24.5 Å². The maximum Gasteiger partial charge on any atom is 0.321 e. The second-order valence-corrected chi connectivity index (χ2v) is 5.82. The number of pyridine rings is 1. The Morgan fingerprint density at radius 3 is 2.53 bits per heavy atom. The third-order valence-corrected chi connectivity index (χ3v) is 3.83. The summed E-state index contributed by atoms with van der Waals surface area (Å²) in [6.45, 7) is -0.399. The fraction of sp³-hybridized carbons (Fsp3) is 0.455. The first-order chi connectivity index (χ1) is 8.94. The topological polar surface area (TPSA) is 117 Å². The molecule has 0 spiro atoms. The third kappa shape index (κ3) is 5.77. The van der Waals surface area contributed by atoms with Crippen molar-refractivity contribution in [2.45, 2.75) is 18.9 Å². The molecule has 1 atom stereocenters. The molecule has 0 aromatic carbocycles. The van der Waals surface area contributed by atoms with Gasteiger partial charge in [0.15, 0.2) is 0 Å². The molecule has 0 amide bonds. The lowest BCUT2D eigenvalue weighted by molar-refractivity contribution is -0.139. The van der Waals surface area contributed by atoms with Gasteiger partial charge in [-0.05, 0) is 30.5 Å². The van der Waals surface area contributed by atoms with Crippen molar-refractivity contribution in [3.05, 3.63) is 30.1 Å². The van der Waals surface area contributed by atoms with Gasteiger partial charge < -0.3 is 10.2 Å². The van der Waals surface area contributed by atoms with E-state index in [1.54, 1.807) is 24.5 Å². The molecule has 0 radical (unpaired) electrons. The molecule has 1 heterocycles. The summed E-state index contributed by atoms with van der Waals surface area (Å²) in [6.07, 6.45) is 3.22. The summed E-state index contributed by atoms with van der Waals surface area (Å²) in [5, 5.41) is 17.5. The molecule has 1 aromatic heterocycles. The molecule has 0 fully saturated rings. The molecule has 0 aliphatic rings. The molecular weight excluding hydrogens is 272 g/mol. The van der Waals surface area contributed by atoms with Gasteiger partial charge in [0.25, 0.3) is 0 Å². The van der Waals surface area contributed by atoms with E-state index in [2.05, 4.69) is 9.71 Å². The maximum atomic E-state index is 11.7. The van der Waals surface area contributed by atoms with Crippen LogP contribution in [0.5, 0.6) is 0 Å². The molecule has 8 heteroatoms. The number of hydrogen-bond donors (Lipinski definition) is 3. The summed E-state index contributed by atoms with van der Waals surface area (Å²) in [6, 6.07) is 2.09. The van der Waals surface area contributed by atoms with Crippen LogP contribution in [0.25, 0.3) is 0 Å². The molecule has 1 rings (SSSR count). The zero-order valence-electron chi connectivity index (χ0n) is 10.2. The number of nitrogens with zero attached hydrogens (tertiary/aromatic N) is 1. The normalized spacial score (nSPS) is 13.1. The molecule has 19 heavy (non-hydrogen) atoms. The zero-order valence-corrected chi connectivity index (χ0v) is 11.0. The predicted octanol–water partition coefficient (Wildman–Crippen LogP) is -0.621. The van der Waals surface area contributed by atoms with E-state index in [-0.39, 0.29) is 18.6 Å². The average Bonchev–Trinajstić information content (AvgIpc) is 2.37. The van der Waals surface area contributed by atoms with Crippen LogP contribution >= 0.6 is 0 Å². The Morgan fingerprint density at radius 1 is 1.37 bits per heavy atom. The number of rotatable bonds is 8. The van der Waals surface area contributed by atoms with E-state index >= 15 is 0 Å². The largest absolute Gasteiger partial charge is 0.480 e. The summed E-state index contributed by atoms with van der Waals surface area (Å²) >= 11 is 0. The lowest BCUT2D eigenvalue weighted by atomic mass is 10.2. The highest BCUT2D eigenvalue weighted by Gasteiger charge is 2.23. The van der Waals surface area contributed by atoms with Crippen molar-refractivity contribution in [2.24, 2.45) is 0 Å². The number of carbonyl (C=O) groups is 1. The van der Waals surface area contributed by atoms with Gasteiger partial charge in [0, 0.05) is 19.0 Å². The monoisotopic (exact) mass is 288 g/mol. The number of aliphatic hydroxyl groups is 1. The van der Waals surface area contributed by atoms with Crippen LogP contribution in [-0.2, 0) is 21.2 Å². The molecule has 1 aromatic rings. The Kier molecular flexibility index (Phi) is 5.87. The highest BCUT2D eigenvalue weighted by Crippen LogP contribution is 2.02. The zero-order chi connectivity index (χ0) is 14.3. The van der Waals surface area contributed by atoms with Crippen molar-refractivity contribution < 1.29 is 23.4 Å². The summed E-state index contributed by atoms with van der Waals surface area (Å²) < 4.78 is 25.5. The number of carboxylic acid groups (broad SMARTS) is 1. The Labute approximate surface area is 111 Å². The number of aliphatic hydroxyl groups excluding tert-OH is 1. The predicted molar refractivity (Wildman–Crippen MR) is 68.0 cm³/mol. The quantitative estimate of drug-likeness (QED) is 0.587. The van der Waals surface area contributed by atoms with Crippen LogP contribution in [0, 0.1) is 0 Å². The van der Waals surface area contributed by atoms with Gasteiger partial charge in [0.2, 0.25) is 10.0 Å². The fourth-order valence-corrected chi connectivity index (χ4v) is 2.71. The highest BCUT2D eigenvalue weighted by molar-refractivity contribution is 7.89. The van der Waals surface area contributed by atoms with E-state index < -0.39 is 28.6 Å². The van der Waals surface area contributed by atoms with E-state index in [1.165, 1.54) is 0 Å². The molecule has 0 saturated carbocycles. The molecular formula is C11H16N2O5S. The number of aryl methyl sites for hydroxylation is 1. The van der Waals surface area contributed by atoms with Crippen molar-refractivity contribution in [1.82, 2.24) is 9.71 Å². The second-order valence-electron chi connectivity index (χ2n) is 3.95. The Morgan fingerprint density at radius 2 is 2.00 bits per heavy atom. The molecule has 0 saturated heterocycles. The number of aliphatic carboxylic acids is 1. The van der Waals surface area contributed by atoms with Gasteiger partial charge in [-0.25, -0.2) is 13.1 Å². The first-order valence-electron chi connectivity index (χ1n) is 5.67. The number of sulfonamides is 1. The minimum absolute atomic E-state index is 0.163. The van der Waals surface area contributed by atoms with Crippen molar-refractivity contribution in [1.29, 1.82) is 0 Å². The van der Waals surface area contributed by atoms with Crippen LogP contribution < -0.4 is 4.72 Å². The average molecular weight is 288 g/mol. The Bertz CT molecular complexity index is 503. The van der Waals surface area contributed by atoms with Gasteiger partial charge in [0.05, 0.1) is 5.75 Å². The first kappa shape index (κ1) is 15.5. The molecule has 0 bridgehead atoms. The molecule has 3 N–H and O–H groups in total. The molecule has 0 aliphatic heterocycles. The number of hydrogen-bond acceptors (Lipinski definition) is 5. The van der Waals surface area contributed by atoms with E-state index in [9.17, 15) is 13.2 Å². The molecule has 106 valence electrons. The number of nitrogens with one attached hydrogen (secondary N) is 1. The summed E-state index contributed by atoms with van der Waals surface area (Å²) in [5.74, 6) is -1.52. The number of aromatic nitrogens is 1. The van der Waals surface area contributed by atoms with Crippen LogP contribution in [0.4, 0.5) is 0 Å². The van der Waals surface area contributed by atoms with Gasteiger partial charge in [-0.1, -0.05) is 0 Å². The summed E-state index contributed by atoms with van der Waals surface area (Å²) in [7, 11) is -3.71. The third-order valence-electron chi connectivity index (χ3n) is 2.45. The van der Waals surface area contributed by atoms with Crippen molar-refractivity contribution >= 4 is 16.0 Å². The van der Waals surface area contributed by atoms with E-state index in [1.807, 2.05) is 0 Å². The summed E-state index contributed by atoms with van der Waals surface area (Å²) in [5.41, 5.74) is 0.800. The van der Waals surface area contributed by atoms with Crippen molar-refractivity contribution in [3.63, 3.8) is 0 Å². The lowest BCUT2D eigenvalue weighted by Gasteiger charge is -2.13. The standard InChI is InChI=1S/C11H16N2O5S/c14-7-3-10(11(15)16)13-19(17,18)8-4-9-1-5-12-6-2-9/h1-2,5-6,10,13-14H,3-4,7-8H2,(H,15,16)/t10-/m1/s1. The Hall–Kier alpha value is -1.51. The lowest BCUT2D eigenvalue weighted by Crippen LogP contribution is -2.42. The Balaban J connectivity index is 2.58. The summed E-state index contributed by atoms with van der Waals surface area (Å²) in [4.78, 5) is 14.6. The SMILES string of the molecule is O=C(O)[C@@H](CCO)NS(=O)(=O)CCc1ccncc1. The van der Waals surface area contributed by atoms with Gasteiger partial charge in [0.1, 0.15) is 6.04 Å². The van der Waals surface area contributed by atoms with E-state index in [0.29, 0.717) is 0 Å². The maximum absolute atomic E-state index is 11.7. The fourth-order valence-electron chi connectivity index (χ4n) is 1.44. The molecule has 0 unspecified atom stereocenters. The minimum Gasteiger partial charge on any atom is -0.480 e. The van der Waals surface area contributed by atoms with Crippen LogP contribution in [0.2, 0.25) is 0 Å². The van der Waals surface area contributed by atoms with Crippen LogP contribution in [-0.4, -0.2) is 48.0 Å². The first-order valence-corrected chi connectivity index (χ1v) is 7.32. The van der Waals surface area contributed by atoms with E-state index in [0.717, 1.165) is 5.56 Å². The van der Waals surface area contributed by atoms with Gasteiger partial charge in [-0.15, -0.1) is 0 Å². The van der Waals surface area contributed by atoms with Gasteiger partial charge in [-0.2, -0.15) is 0 Å². The van der Waals surface area contributed by atoms with Gasteiger partial charge in [-0.3, -0.25) is 9.78 Å². The minimum atomic E-state index is -3.71.